The molecule has 0 bridgehead atoms. The van der Waals surface area contributed by atoms with Gasteiger partial charge in [-0.05, 0) is 41.8 Å². The van der Waals surface area contributed by atoms with Crippen molar-refractivity contribution in [2.24, 2.45) is 5.92 Å². The average molecular weight is 492 g/mol. The molecular weight excluding hydrogens is 458 g/mol. The zero-order valence-corrected chi connectivity index (χ0v) is 21.0. The molecule has 0 fully saturated rings. The first kappa shape index (κ1) is 27.1. The second-order valence-corrected chi connectivity index (χ2v) is 9.97. The smallest absolute Gasteiger partial charge is 0.251 e. The fourth-order valence-corrected chi connectivity index (χ4v) is 4.91. The van der Waals surface area contributed by atoms with Gasteiger partial charge in [0, 0.05) is 25.2 Å². The zero-order valence-electron chi connectivity index (χ0n) is 20.2. The van der Waals surface area contributed by atoms with Crippen LogP contribution in [0.5, 0.6) is 11.5 Å². The lowest BCUT2D eigenvalue weighted by Gasteiger charge is -2.22. The van der Waals surface area contributed by atoms with Crippen molar-refractivity contribution in [1.29, 1.82) is 0 Å². The first-order valence-electron chi connectivity index (χ1n) is 11.1. The Morgan fingerprint density at radius 3 is 2.35 bits per heavy atom. The number of aromatic hydroxyl groups is 1. The Labute approximate surface area is 201 Å². The minimum atomic E-state index is -3.72. The Bertz CT molecular complexity index is 1110. The molecule has 1 unspecified atom stereocenters. The molecule has 0 heterocycles. The van der Waals surface area contributed by atoms with Crippen molar-refractivity contribution in [3.8, 4) is 11.5 Å². The molecule has 186 valence electrons. The van der Waals surface area contributed by atoms with Gasteiger partial charge in [-0.25, -0.2) is 8.42 Å². The van der Waals surface area contributed by atoms with Gasteiger partial charge in [0.25, 0.3) is 5.91 Å². The van der Waals surface area contributed by atoms with Gasteiger partial charge in [-0.15, -0.1) is 0 Å². The molecule has 0 spiro atoms. The van der Waals surface area contributed by atoms with Crippen LogP contribution in [-0.2, 0) is 21.4 Å². The highest BCUT2D eigenvalue weighted by atomic mass is 32.2. The van der Waals surface area contributed by atoms with E-state index in [-0.39, 0.29) is 34.6 Å². The molecule has 0 aliphatic carbocycles. The molecule has 3 N–H and O–H groups in total. The van der Waals surface area contributed by atoms with Crippen LogP contribution < -0.4 is 15.4 Å². The summed E-state index contributed by atoms with van der Waals surface area (Å²) < 4.78 is 32.0. The summed E-state index contributed by atoms with van der Waals surface area (Å²) in [7, 11) is -2.29. The minimum absolute atomic E-state index is 0.00450. The number of nitrogens with one attached hydrogen (secondary N) is 2. The molecule has 0 aromatic heterocycles. The summed E-state index contributed by atoms with van der Waals surface area (Å²) in [5.41, 5.74) is 0.862. The van der Waals surface area contributed by atoms with E-state index in [9.17, 15) is 23.1 Å². The van der Waals surface area contributed by atoms with E-state index in [1.54, 1.807) is 39.8 Å². The van der Waals surface area contributed by atoms with Crippen molar-refractivity contribution in [1.82, 2.24) is 14.9 Å². The van der Waals surface area contributed by atoms with E-state index >= 15 is 0 Å². The van der Waals surface area contributed by atoms with Gasteiger partial charge in [-0.2, -0.15) is 4.31 Å². The standard InChI is InChI=1S/C24H33N3O6S/c1-6-27(7-2)34(31,32)19-10-8-9-18(14-19)23(29)26-22(16(3)4)24(30)25-15-17-11-12-20(28)21(13-17)33-5/h8-14,16,22,28H,6-7,15H2,1-5H3,(H,25,30)(H,26,29). The molecule has 2 aromatic carbocycles. The molecule has 0 saturated carbocycles. The van der Waals surface area contributed by atoms with Crippen LogP contribution in [0.25, 0.3) is 0 Å². The van der Waals surface area contributed by atoms with Crippen LogP contribution in [0.4, 0.5) is 0 Å². The van der Waals surface area contributed by atoms with Gasteiger partial charge >= 0.3 is 0 Å². The summed E-state index contributed by atoms with van der Waals surface area (Å²) in [4.78, 5) is 25.8. The summed E-state index contributed by atoms with van der Waals surface area (Å²) in [5.74, 6) is -0.866. The van der Waals surface area contributed by atoms with E-state index in [0.717, 1.165) is 0 Å². The molecule has 1 atom stereocenters. The maximum Gasteiger partial charge on any atom is 0.251 e. The number of rotatable bonds is 11. The van der Waals surface area contributed by atoms with Gasteiger partial charge < -0.3 is 20.5 Å². The van der Waals surface area contributed by atoms with Gasteiger partial charge in [-0.3, -0.25) is 9.59 Å². The first-order valence-corrected chi connectivity index (χ1v) is 12.5. The predicted molar refractivity (Wildman–Crippen MR) is 129 cm³/mol. The Morgan fingerprint density at radius 2 is 1.76 bits per heavy atom. The highest BCUT2D eigenvalue weighted by Gasteiger charge is 2.26. The molecule has 0 radical (unpaired) electrons. The summed E-state index contributed by atoms with van der Waals surface area (Å²) >= 11 is 0. The van der Waals surface area contributed by atoms with Crippen molar-refractivity contribution in [3.63, 3.8) is 0 Å². The normalized spacial score (nSPS) is 12.4. The third-order valence-corrected chi connectivity index (χ3v) is 7.43. The molecule has 10 heteroatoms. The number of carbonyl (C=O) groups excluding carboxylic acids is 2. The maximum atomic E-state index is 12.9. The number of nitrogens with zero attached hydrogens (tertiary/aromatic N) is 1. The number of phenolic OH excluding ortho intramolecular Hbond substituents is 1. The Hall–Kier alpha value is -3.11. The van der Waals surface area contributed by atoms with Gasteiger partial charge in [-0.1, -0.05) is 39.8 Å². The van der Waals surface area contributed by atoms with Crippen LogP contribution in [0, 0.1) is 5.92 Å². The van der Waals surface area contributed by atoms with Crippen LogP contribution in [0.2, 0.25) is 0 Å². The second kappa shape index (κ2) is 11.8. The monoisotopic (exact) mass is 491 g/mol. The van der Waals surface area contributed by atoms with E-state index in [2.05, 4.69) is 10.6 Å². The number of sulfonamides is 1. The third kappa shape index (κ3) is 6.48. The predicted octanol–water partition coefficient (Wildman–Crippen LogP) is 2.50. The van der Waals surface area contributed by atoms with Gasteiger partial charge in [0.2, 0.25) is 15.9 Å². The van der Waals surface area contributed by atoms with Gasteiger partial charge in [0.1, 0.15) is 6.04 Å². The fourth-order valence-electron chi connectivity index (χ4n) is 3.40. The first-order chi connectivity index (χ1) is 16.0. The molecule has 2 aromatic rings. The Balaban J connectivity index is 2.15. The molecule has 0 aliphatic heterocycles. The minimum Gasteiger partial charge on any atom is -0.504 e. The highest BCUT2D eigenvalue weighted by Crippen LogP contribution is 2.26. The number of carbonyl (C=O) groups is 2. The van der Waals surface area contributed by atoms with E-state index in [4.69, 9.17) is 4.74 Å². The van der Waals surface area contributed by atoms with Crippen molar-refractivity contribution < 1.29 is 27.9 Å². The number of benzene rings is 2. The number of hydrogen-bond donors (Lipinski definition) is 3. The molecule has 2 rings (SSSR count). The Kier molecular flexibility index (Phi) is 9.46. The van der Waals surface area contributed by atoms with Crippen LogP contribution >= 0.6 is 0 Å². The van der Waals surface area contributed by atoms with Crippen LogP contribution in [0.15, 0.2) is 47.4 Å². The molecule has 2 amide bonds. The topological polar surface area (TPSA) is 125 Å². The van der Waals surface area contributed by atoms with Gasteiger partial charge in [0.15, 0.2) is 11.5 Å². The lowest BCUT2D eigenvalue weighted by atomic mass is 10.0. The molecule has 0 aliphatic rings. The largest absolute Gasteiger partial charge is 0.504 e. The van der Waals surface area contributed by atoms with Gasteiger partial charge in [0.05, 0.1) is 12.0 Å². The lowest BCUT2D eigenvalue weighted by Crippen LogP contribution is -2.49. The van der Waals surface area contributed by atoms with Crippen molar-refractivity contribution in [2.45, 2.75) is 45.2 Å². The Morgan fingerprint density at radius 1 is 1.09 bits per heavy atom. The summed E-state index contributed by atoms with van der Waals surface area (Å²) in [5, 5.41) is 15.2. The van der Waals surface area contributed by atoms with Crippen LogP contribution in [0.3, 0.4) is 0 Å². The van der Waals surface area contributed by atoms with Crippen molar-refractivity contribution >= 4 is 21.8 Å². The average Bonchev–Trinajstić information content (AvgIpc) is 2.82. The highest BCUT2D eigenvalue weighted by molar-refractivity contribution is 7.89. The SMILES string of the molecule is CCN(CC)S(=O)(=O)c1cccc(C(=O)NC(C(=O)NCc2ccc(O)c(OC)c2)C(C)C)c1. The van der Waals surface area contributed by atoms with E-state index < -0.39 is 22.0 Å². The van der Waals surface area contributed by atoms with E-state index in [1.165, 1.54) is 41.7 Å². The van der Waals surface area contributed by atoms with E-state index in [1.807, 2.05) is 0 Å². The molecule has 34 heavy (non-hydrogen) atoms. The number of ether oxygens (including phenoxy) is 1. The summed E-state index contributed by atoms with van der Waals surface area (Å²) in [6.07, 6.45) is 0. The summed E-state index contributed by atoms with van der Waals surface area (Å²) in [6.45, 7) is 7.90. The van der Waals surface area contributed by atoms with Crippen LogP contribution in [-0.4, -0.2) is 55.9 Å². The zero-order chi connectivity index (χ0) is 25.5. The van der Waals surface area contributed by atoms with Crippen molar-refractivity contribution in [3.05, 3.63) is 53.6 Å². The maximum absolute atomic E-state index is 12.9. The van der Waals surface area contributed by atoms with Crippen molar-refractivity contribution in [2.75, 3.05) is 20.2 Å². The fraction of sp³-hybridized carbons (Fsp3) is 0.417. The number of hydrogen-bond acceptors (Lipinski definition) is 6. The molecule has 0 saturated heterocycles. The summed E-state index contributed by atoms with van der Waals surface area (Å²) in [6, 6.07) is 9.69. The third-order valence-electron chi connectivity index (χ3n) is 5.39. The second-order valence-electron chi connectivity index (χ2n) is 8.04. The molecule has 9 nitrogen and oxygen atoms in total. The quantitative estimate of drug-likeness (QED) is 0.444. The van der Waals surface area contributed by atoms with E-state index in [0.29, 0.717) is 24.4 Å². The van der Waals surface area contributed by atoms with Crippen LogP contribution in [0.1, 0.15) is 43.6 Å². The molecular formula is C24H33N3O6S. The number of phenols is 1. The number of amides is 2. The number of methoxy groups -OCH3 is 1. The lowest BCUT2D eigenvalue weighted by molar-refractivity contribution is -0.124.